The van der Waals surface area contributed by atoms with Crippen LogP contribution in [0.1, 0.15) is 34.3 Å². The zero-order chi connectivity index (χ0) is 18.9. The molecule has 1 aliphatic rings. The van der Waals surface area contributed by atoms with Crippen LogP contribution in [0, 0.1) is 0 Å². The van der Waals surface area contributed by atoms with Gasteiger partial charge in [-0.1, -0.05) is 84.9 Å². The number of hydrogen-bond donors (Lipinski definition) is 0. The lowest BCUT2D eigenvalue weighted by Crippen LogP contribution is -2.39. The molecule has 1 aliphatic heterocycles. The Kier molecular flexibility index (Phi) is 4.48. The molecule has 0 radical (unpaired) electrons. The number of benzene rings is 3. The Morgan fingerprint density at radius 1 is 0.704 bits per heavy atom. The van der Waals surface area contributed by atoms with Crippen LogP contribution in [0.4, 0.5) is 13.2 Å². The Bertz CT molecular complexity index is 893. The maximum Gasteiger partial charge on any atom is 0.413 e. The molecule has 1 atom stereocenters. The molecule has 0 aliphatic carbocycles. The van der Waals surface area contributed by atoms with Gasteiger partial charge >= 0.3 is 6.18 Å². The summed E-state index contributed by atoms with van der Waals surface area (Å²) >= 11 is 0. The van der Waals surface area contributed by atoms with E-state index in [9.17, 15) is 13.2 Å². The van der Waals surface area contributed by atoms with Crippen LogP contribution in [0.15, 0.2) is 91.1 Å². The van der Waals surface area contributed by atoms with Gasteiger partial charge in [0.15, 0.2) is 6.04 Å². The number of alkyl halides is 3. The molecule has 4 rings (SSSR count). The maximum atomic E-state index is 14.2. The lowest BCUT2D eigenvalue weighted by atomic mass is 9.90. The zero-order valence-electron chi connectivity index (χ0n) is 14.5. The topological polar surface area (TPSA) is 3.24 Å². The van der Waals surface area contributed by atoms with Crippen molar-refractivity contribution in [3.05, 3.63) is 113 Å². The summed E-state index contributed by atoms with van der Waals surface area (Å²) in [6, 6.07) is 23.1. The lowest BCUT2D eigenvalue weighted by molar-refractivity contribution is -0.183. The van der Waals surface area contributed by atoms with E-state index in [0.717, 1.165) is 11.1 Å². The first-order valence-corrected chi connectivity index (χ1v) is 8.77. The Balaban J connectivity index is 1.89. The zero-order valence-corrected chi connectivity index (χ0v) is 14.5. The highest BCUT2D eigenvalue weighted by Gasteiger charge is 2.48. The minimum atomic E-state index is -4.40. The molecule has 0 saturated carbocycles. The van der Waals surface area contributed by atoms with E-state index in [2.05, 4.69) is 0 Å². The monoisotopic (exact) mass is 365 g/mol. The molecule has 1 heterocycles. The second kappa shape index (κ2) is 6.95. The third-order valence-electron chi connectivity index (χ3n) is 4.85. The molecule has 0 N–H and O–H groups in total. The van der Waals surface area contributed by atoms with Crippen LogP contribution in [-0.2, 0) is 0 Å². The van der Waals surface area contributed by atoms with E-state index < -0.39 is 18.3 Å². The molecule has 4 heteroatoms. The third kappa shape index (κ3) is 3.35. The van der Waals surface area contributed by atoms with Gasteiger partial charge < -0.3 is 4.90 Å². The van der Waals surface area contributed by atoms with Crippen molar-refractivity contribution in [3.63, 3.8) is 0 Å². The van der Waals surface area contributed by atoms with Crippen LogP contribution in [0.25, 0.3) is 6.08 Å². The van der Waals surface area contributed by atoms with Gasteiger partial charge in [0.05, 0.1) is 6.04 Å². The normalized spacial score (nSPS) is 16.4. The lowest BCUT2D eigenvalue weighted by Gasteiger charge is -2.41. The van der Waals surface area contributed by atoms with Gasteiger partial charge in [-0.3, -0.25) is 0 Å². The fourth-order valence-corrected chi connectivity index (χ4v) is 3.71. The Morgan fingerprint density at radius 3 is 1.78 bits per heavy atom. The van der Waals surface area contributed by atoms with Gasteiger partial charge in [0.25, 0.3) is 0 Å². The predicted octanol–water partition coefficient (Wildman–Crippen LogP) is 6.37. The van der Waals surface area contributed by atoms with E-state index in [-0.39, 0.29) is 5.56 Å². The first-order chi connectivity index (χ1) is 13.1. The highest BCUT2D eigenvalue weighted by molar-refractivity contribution is 5.58. The Hall–Kier alpha value is -3.01. The van der Waals surface area contributed by atoms with Crippen LogP contribution in [0.5, 0.6) is 0 Å². The molecule has 0 fully saturated rings. The molecular weight excluding hydrogens is 347 g/mol. The van der Waals surface area contributed by atoms with Crippen LogP contribution in [0.2, 0.25) is 0 Å². The second-order valence-corrected chi connectivity index (χ2v) is 6.56. The van der Waals surface area contributed by atoms with Crippen molar-refractivity contribution in [1.82, 2.24) is 4.90 Å². The highest BCUT2D eigenvalue weighted by atomic mass is 19.4. The van der Waals surface area contributed by atoms with Crippen molar-refractivity contribution in [2.24, 2.45) is 0 Å². The molecular formula is C23H18F3N. The molecule has 136 valence electrons. The van der Waals surface area contributed by atoms with Gasteiger partial charge in [0.1, 0.15) is 0 Å². The molecule has 0 amide bonds. The Morgan fingerprint density at radius 2 is 1.22 bits per heavy atom. The van der Waals surface area contributed by atoms with E-state index in [1.54, 1.807) is 36.5 Å². The molecule has 0 bridgehead atoms. The first-order valence-electron chi connectivity index (χ1n) is 8.77. The summed E-state index contributed by atoms with van der Waals surface area (Å²) in [5.74, 6) is 0. The molecule has 3 aromatic rings. The quantitative estimate of drug-likeness (QED) is 0.521. The van der Waals surface area contributed by atoms with Crippen molar-refractivity contribution in [3.8, 4) is 0 Å². The summed E-state index contributed by atoms with van der Waals surface area (Å²) < 4.78 is 42.6. The van der Waals surface area contributed by atoms with E-state index >= 15 is 0 Å². The summed E-state index contributed by atoms with van der Waals surface area (Å²) in [6.45, 7) is 0. The van der Waals surface area contributed by atoms with E-state index in [1.807, 2.05) is 60.7 Å². The number of rotatable bonds is 3. The molecule has 0 saturated heterocycles. The van der Waals surface area contributed by atoms with Gasteiger partial charge in [-0.05, 0) is 28.3 Å². The number of halogens is 3. The minimum Gasteiger partial charge on any atom is -0.351 e. The summed E-state index contributed by atoms with van der Waals surface area (Å²) in [6.07, 6.45) is -1.07. The number of nitrogens with zero attached hydrogens (tertiary/aromatic N) is 1. The molecule has 0 aromatic heterocycles. The van der Waals surface area contributed by atoms with Gasteiger partial charge in [-0.25, -0.2) is 0 Å². The van der Waals surface area contributed by atoms with Crippen molar-refractivity contribution in [2.45, 2.75) is 18.3 Å². The summed E-state index contributed by atoms with van der Waals surface area (Å²) in [7, 11) is 0. The first kappa shape index (κ1) is 17.4. The number of fused-ring (bicyclic) bond motifs is 1. The molecule has 1 nitrogen and oxygen atoms in total. The fourth-order valence-electron chi connectivity index (χ4n) is 3.71. The van der Waals surface area contributed by atoms with Gasteiger partial charge in [0.2, 0.25) is 0 Å². The summed E-state index contributed by atoms with van der Waals surface area (Å²) in [5.41, 5.74) is 2.53. The van der Waals surface area contributed by atoms with E-state index in [1.165, 1.54) is 4.90 Å². The van der Waals surface area contributed by atoms with Crippen LogP contribution < -0.4 is 0 Å². The average molecular weight is 365 g/mol. The smallest absolute Gasteiger partial charge is 0.351 e. The maximum absolute atomic E-state index is 14.2. The summed E-state index contributed by atoms with van der Waals surface area (Å²) in [5, 5.41) is 0. The van der Waals surface area contributed by atoms with Crippen molar-refractivity contribution >= 4 is 6.08 Å². The van der Waals surface area contributed by atoms with Gasteiger partial charge in [-0.2, -0.15) is 13.2 Å². The van der Waals surface area contributed by atoms with Crippen molar-refractivity contribution in [1.29, 1.82) is 0 Å². The predicted molar refractivity (Wildman–Crippen MR) is 101 cm³/mol. The number of hydrogen-bond acceptors (Lipinski definition) is 1. The standard InChI is InChI=1S/C23H18F3N/c24-23(25,26)22-20-14-8-7-9-17(20)15-16-27(22)21(18-10-3-1-4-11-18)19-12-5-2-6-13-19/h1-16,21-22H. The molecule has 27 heavy (non-hydrogen) atoms. The van der Waals surface area contributed by atoms with Gasteiger partial charge in [0, 0.05) is 6.20 Å². The summed E-state index contributed by atoms with van der Waals surface area (Å²) in [4.78, 5) is 1.42. The van der Waals surface area contributed by atoms with E-state index in [0.29, 0.717) is 5.56 Å². The largest absolute Gasteiger partial charge is 0.413 e. The molecule has 1 unspecified atom stereocenters. The van der Waals surface area contributed by atoms with Crippen molar-refractivity contribution < 1.29 is 13.2 Å². The molecule has 3 aromatic carbocycles. The van der Waals surface area contributed by atoms with Crippen LogP contribution in [-0.4, -0.2) is 11.1 Å². The van der Waals surface area contributed by atoms with Crippen LogP contribution in [0.3, 0.4) is 0 Å². The van der Waals surface area contributed by atoms with Gasteiger partial charge in [-0.15, -0.1) is 0 Å². The van der Waals surface area contributed by atoms with E-state index in [4.69, 9.17) is 0 Å². The average Bonchev–Trinajstić information content (AvgIpc) is 2.69. The Labute approximate surface area is 156 Å². The van der Waals surface area contributed by atoms with Crippen molar-refractivity contribution in [2.75, 3.05) is 0 Å². The SMILES string of the molecule is FC(F)(F)C1c2ccccc2C=CN1C(c1ccccc1)c1ccccc1. The fraction of sp³-hybridized carbons (Fsp3) is 0.130. The highest BCUT2D eigenvalue weighted by Crippen LogP contribution is 2.47. The minimum absolute atomic E-state index is 0.282. The second-order valence-electron chi connectivity index (χ2n) is 6.56. The van der Waals surface area contributed by atoms with Crippen LogP contribution >= 0.6 is 0 Å². The molecule has 0 spiro atoms. The third-order valence-corrected chi connectivity index (χ3v) is 4.85.